The smallest absolute Gasteiger partial charge is 0.410 e. The van der Waals surface area contributed by atoms with Crippen molar-refractivity contribution >= 4 is 6.09 Å². The van der Waals surface area contributed by atoms with Gasteiger partial charge in [0.25, 0.3) is 0 Å². The molecule has 1 amide bonds. The molecule has 0 bridgehead atoms. The normalized spacial score (nSPS) is 11.9. The van der Waals surface area contributed by atoms with Crippen LogP contribution in [0.2, 0.25) is 0 Å². The van der Waals surface area contributed by atoms with E-state index in [1.807, 2.05) is 27.7 Å². The first-order valence-electron chi connectivity index (χ1n) is 8.17. The number of nitrogens with one attached hydrogen (secondary N) is 1. The predicted octanol–water partition coefficient (Wildman–Crippen LogP) is 3.55. The highest BCUT2D eigenvalue weighted by atomic mass is 16.6. The van der Waals surface area contributed by atoms with Crippen molar-refractivity contribution in [1.82, 2.24) is 10.2 Å². The molecule has 0 atom stereocenters. The van der Waals surface area contributed by atoms with E-state index in [-0.39, 0.29) is 11.5 Å². The molecular weight excluding hydrogens is 278 g/mol. The Labute approximate surface area is 136 Å². The van der Waals surface area contributed by atoms with Gasteiger partial charge in [-0.3, -0.25) is 0 Å². The Morgan fingerprint density at radius 2 is 1.91 bits per heavy atom. The molecule has 0 aliphatic carbocycles. The van der Waals surface area contributed by atoms with Crippen LogP contribution in [0.4, 0.5) is 4.79 Å². The van der Waals surface area contributed by atoms with Crippen LogP contribution in [0, 0.1) is 16.7 Å². The Balaban J connectivity index is 3.98. The summed E-state index contributed by atoms with van der Waals surface area (Å²) in [6.07, 6.45) is 2.14. The van der Waals surface area contributed by atoms with Crippen LogP contribution < -0.4 is 5.32 Å². The lowest BCUT2D eigenvalue weighted by molar-refractivity contribution is 0.0258. The second kappa shape index (κ2) is 9.68. The summed E-state index contributed by atoms with van der Waals surface area (Å²) in [6.45, 7) is 15.0. The minimum absolute atomic E-state index is 0.130. The van der Waals surface area contributed by atoms with E-state index in [1.165, 1.54) is 0 Å². The first-order valence-corrected chi connectivity index (χ1v) is 8.17. The number of amides is 1. The highest BCUT2D eigenvalue weighted by Gasteiger charge is 2.21. The monoisotopic (exact) mass is 311 g/mol. The maximum atomic E-state index is 12.0. The van der Waals surface area contributed by atoms with Gasteiger partial charge in [0.1, 0.15) is 5.60 Å². The molecule has 1 N–H and O–H groups in total. The molecule has 5 heteroatoms. The maximum absolute atomic E-state index is 12.0. The molecule has 0 aromatic rings. The van der Waals surface area contributed by atoms with Crippen LogP contribution in [-0.2, 0) is 4.74 Å². The highest BCUT2D eigenvalue weighted by molar-refractivity contribution is 5.68. The first-order chi connectivity index (χ1) is 10.1. The van der Waals surface area contributed by atoms with Crippen LogP contribution in [0.3, 0.4) is 0 Å². The lowest BCUT2D eigenvalue weighted by Crippen LogP contribution is -2.38. The summed E-state index contributed by atoms with van der Waals surface area (Å²) in [5.41, 5.74) is -0.321. The third kappa shape index (κ3) is 10.4. The van der Waals surface area contributed by atoms with Crippen molar-refractivity contribution in [1.29, 1.82) is 5.26 Å². The van der Waals surface area contributed by atoms with Crippen molar-refractivity contribution in [3.8, 4) is 6.07 Å². The minimum atomic E-state index is -0.451. The van der Waals surface area contributed by atoms with Gasteiger partial charge in [0.15, 0.2) is 0 Å². The van der Waals surface area contributed by atoms with Crippen molar-refractivity contribution in [2.24, 2.45) is 5.41 Å². The highest BCUT2D eigenvalue weighted by Crippen LogP contribution is 2.20. The molecule has 0 unspecified atom stereocenters. The van der Waals surface area contributed by atoms with Gasteiger partial charge >= 0.3 is 6.09 Å². The van der Waals surface area contributed by atoms with Crippen molar-refractivity contribution < 1.29 is 9.53 Å². The average molecular weight is 311 g/mol. The van der Waals surface area contributed by atoms with E-state index in [4.69, 9.17) is 10.00 Å². The van der Waals surface area contributed by atoms with Gasteiger partial charge in [-0.15, -0.1) is 0 Å². The summed E-state index contributed by atoms with van der Waals surface area (Å²) in [7, 11) is 0. The SMILES string of the molecule is CCN(CCCNCC(C)(C)CCC#N)C(=O)OC(C)(C)C. The van der Waals surface area contributed by atoms with Gasteiger partial charge < -0.3 is 15.0 Å². The van der Waals surface area contributed by atoms with Crippen LogP contribution in [0.5, 0.6) is 0 Å². The topological polar surface area (TPSA) is 65.4 Å². The fraction of sp³-hybridized carbons (Fsp3) is 0.882. The summed E-state index contributed by atoms with van der Waals surface area (Å²) < 4.78 is 5.38. The van der Waals surface area contributed by atoms with E-state index in [0.29, 0.717) is 19.5 Å². The lowest BCUT2D eigenvalue weighted by Gasteiger charge is -2.27. The molecule has 0 aliphatic heterocycles. The van der Waals surface area contributed by atoms with Crippen LogP contribution in [0.1, 0.15) is 60.8 Å². The standard InChI is InChI=1S/C17H33N3O2/c1-7-20(15(21)22-16(2,3)4)13-9-12-19-14-17(5,6)10-8-11-18/h19H,7-10,12-14H2,1-6H3. The summed E-state index contributed by atoms with van der Waals surface area (Å²) in [5, 5.41) is 12.1. The first kappa shape index (κ1) is 20.7. The number of carbonyl (C=O) groups is 1. The van der Waals surface area contributed by atoms with Gasteiger partial charge in [-0.2, -0.15) is 5.26 Å². The van der Waals surface area contributed by atoms with Crippen molar-refractivity contribution in [2.75, 3.05) is 26.2 Å². The van der Waals surface area contributed by atoms with Crippen molar-refractivity contribution in [3.63, 3.8) is 0 Å². The molecule has 0 fully saturated rings. The second-order valence-corrected chi connectivity index (χ2v) is 7.41. The third-order valence-corrected chi connectivity index (χ3v) is 3.33. The summed E-state index contributed by atoms with van der Waals surface area (Å²) >= 11 is 0. The molecule has 0 radical (unpaired) electrons. The molecular formula is C17H33N3O2. The number of hydrogen-bond donors (Lipinski definition) is 1. The van der Waals surface area contributed by atoms with E-state index in [2.05, 4.69) is 25.2 Å². The Hall–Kier alpha value is -1.28. The second-order valence-electron chi connectivity index (χ2n) is 7.41. The van der Waals surface area contributed by atoms with E-state index in [1.54, 1.807) is 4.90 Å². The molecule has 0 rings (SSSR count). The van der Waals surface area contributed by atoms with Gasteiger partial charge in [0.2, 0.25) is 0 Å². The number of nitrogens with zero attached hydrogens (tertiary/aromatic N) is 2. The number of rotatable bonds is 9. The largest absolute Gasteiger partial charge is 0.444 e. The van der Waals surface area contributed by atoms with Gasteiger partial charge in [-0.25, -0.2) is 4.79 Å². The molecule has 0 aliphatic rings. The fourth-order valence-electron chi connectivity index (χ4n) is 2.01. The van der Waals surface area contributed by atoms with Crippen LogP contribution in [0.15, 0.2) is 0 Å². The average Bonchev–Trinajstić information content (AvgIpc) is 2.38. The Bertz CT molecular complexity index is 367. The van der Waals surface area contributed by atoms with Crippen LogP contribution >= 0.6 is 0 Å². The zero-order chi connectivity index (χ0) is 17.2. The van der Waals surface area contributed by atoms with Gasteiger partial charge in [-0.05, 0) is 52.5 Å². The number of ether oxygens (including phenoxy) is 1. The molecule has 0 aromatic carbocycles. The number of carbonyl (C=O) groups excluding carboxylic acids is 1. The molecule has 128 valence electrons. The van der Waals surface area contributed by atoms with Crippen LogP contribution in [-0.4, -0.2) is 42.8 Å². The summed E-state index contributed by atoms with van der Waals surface area (Å²) in [6, 6.07) is 2.19. The van der Waals surface area contributed by atoms with Crippen molar-refractivity contribution in [3.05, 3.63) is 0 Å². The molecule has 0 saturated heterocycles. The van der Waals surface area contributed by atoms with Crippen molar-refractivity contribution in [2.45, 2.75) is 66.4 Å². The van der Waals surface area contributed by atoms with E-state index >= 15 is 0 Å². The Kier molecular flexibility index (Phi) is 9.12. The number of nitriles is 1. The molecule has 0 saturated carbocycles. The quantitative estimate of drug-likeness (QED) is 0.661. The molecule has 0 aromatic heterocycles. The fourth-order valence-corrected chi connectivity index (χ4v) is 2.01. The lowest BCUT2D eigenvalue weighted by atomic mass is 9.88. The van der Waals surface area contributed by atoms with Gasteiger partial charge in [-0.1, -0.05) is 13.8 Å². The molecule has 0 heterocycles. The van der Waals surface area contributed by atoms with Crippen LogP contribution in [0.25, 0.3) is 0 Å². The Morgan fingerprint density at radius 1 is 1.27 bits per heavy atom. The van der Waals surface area contributed by atoms with E-state index in [9.17, 15) is 4.79 Å². The summed E-state index contributed by atoms with van der Waals surface area (Å²) in [5.74, 6) is 0. The van der Waals surface area contributed by atoms with Gasteiger partial charge in [0, 0.05) is 26.1 Å². The Morgan fingerprint density at radius 3 is 2.41 bits per heavy atom. The minimum Gasteiger partial charge on any atom is -0.444 e. The maximum Gasteiger partial charge on any atom is 0.410 e. The predicted molar refractivity (Wildman–Crippen MR) is 89.6 cm³/mol. The zero-order valence-electron chi connectivity index (χ0n) is 15.2. The van der Waals surface area contributed by atoms with E-state index < -0.39 is 5.60 Å². The molecule has 5 nitrogen and oxygen atoms in total. The number of hydrogen-bond acceptors (Lipinski definition) is 4. The third-order valence-electron chi connectivity index (χ3n) is 3.33. The molecule has 0 spiro atoms. The van der Waals surface area contributed by atoms with Gasteiger partial charge in [0.05, 0.1) is 6.07 Å². The van der Waals surface area contributed by atoms with E-state index in [0.717, 1.165) is 25.9 Å². The summed E-state index contributed by atoms with van der Waals surface area (Å²) in [4.78, 5) is 13.7. The molecule has 22 heavy (non-hydrogen) atoms. The zero-order valence-corrected chi connectivity index (χ0v) is 15.2.